The Morgan fingerprint density at radius 2 is 1.45 bits per heavy atom. The Kier molecular flexibility index (Phi) is 16.9. The second-order valence-corrected chi connectivity index (χ2v) is 17.9. The monoisotopic (exact) mass is 715 g/mol. The number of nitrogens with two attached hydrogens (primary N) is 1. The fourth-order valence-corrected chi connectivity index (χ4v) is 8.43. The van der Waals surface area contributed by atoms with Gasteiger partial charge in [-0.15, -0.1) is 4.83 Å². The smallest absolute Gasteiger partial charge is 0.226 e. The highest BCUT2D eigenvalue weighted by atomic mass is 32.2. The summed E-state index contributed by atoms with van der Waals surface area (Å²) in [6, 6.07) is -1.03. The molecular formula is C31H59F2N5O7S2. The van der Waals surface area contributed by atoms with E-state index in [1.54, 1.807) is 4.90 Å². The number of halogens is 2. The maximum Gasteiger partial charge on any atom is 0.226 e. The molecular weight excluding hydrogens is 656 g/mol. The first kappa shape index (κ1) is 41.7. The maximum absolute atomic E-state index is 14.4. The minimum Gasteiger partial charge on any atom is -0.390 e. The minimum absolute atomic E-state index is 0.00232. The predicted molar refractivity (Wildman–Crippen MR) is 178 cm³/mol. The van der Waals surface area contributed by atoms with Gasteiger partial charge in [0.1, 0.15) is 12.3 Å². The number of carbonyl (C=O) groups excluding carboxylic acids is 2. The lowest BCUT2D eigenvalue weighted by Gasteiger charge is -2.37. The van der Waals surface area contributed by atoms with Crippen molar-refractivity contribution in [2.45, 2.75) is 140 Å². The van der Waals surface area contributed by atoms with Gasteiger partial charge in [-0.2, -0.15) is 0 Å². The molecule has 0 aromatic carbocycles. The van der Waals surface area contributed by atoms with Crippen LogP contribution < -0.4 is 15.3 Å². The molecule has 0 spiro atoms. The van der Waals surface area contributed by atoms with Crippen molar-refractivity contribution in [1.82, 2.24) is 20.1 Å². The van der Waals surface area contributed by atoms with Crippen LogP contribution in [0, 0.1) is 17.8 Å². The second kappa shape index (κ2) is 19.1. The minimum atomic E-state index is -4.09. The van der Waals surface area contributed by atoms with Crippen LogP contribution in [-0.4, -0.2) is 105 Å². The number of aliphatic hydroxyl groups excluding tert-OH is 1. The molecule has 5 N–H and O–H groups in total. The summed E-state index contributed by atoms with van der Waals surface area (Å²) in [4.78, 5) is 31.6. The molecule has 2 fully saturated rings. The SMILES string of the molecule is CCCCN(CC(O)C(CC1CC(F)CC(F)C1)NC(=O)C1CC(C(=O)N(CCC)CCC)CC(S(N)(=O)=O)C1)NS(=O)(=O)C(C)C. The molecule has 2 amide bonds. The molecule has 16 heteroatoms. The fourth-order valence-electron chi connectivity index (χ4n) is 6.70. The number of aliphatic hydroxyl groups is 1. The quantitative estimate of drug-likeness (QED) is 0.148. The van der Waals surface area contributed by atoms with Crippen LogP contribution in [0.5, 0.6) is 0 Å². The van der Waals surface area contributed by atoms with Crippen LogP contribution in [0.15, 0.2) is 0 Å². The van der Waals surface area contributed by atoms with Gasteiger partial charge in [0.15, 0.2) is 0 Å². The van der Waals surface area contributed by atoms with Crippen LogP contribution in [0.1, 0.15) is 105 Å². The van der Waals surface area contributed by atoms with Crippen LogP contribution in [0.4, 0.5) is 8.78 Å². The standard InChI is InChI=1S/C31H59F2N5O7S2/c1-6-9-12-38(36-47(44,45)21(4)5)20-29(39)28(15-22-13-25(32)19-26(33)14-22)35-30(40)23-16-24(18-27(17-23)46(34,42)43)31(41)37(10-7-2)11-8-3/h21-29,36,39H,6-20H2,1-5H3,(H,35,40)(H2,34,42,43). The zero-order chi connectivity index (χ0) is 35.5. The molecule has 0 aromatic rings. The zero-order valence-corrected chi connectivity index (χ0v) is 30.4. The predicted octanol–water partition coefficient (Wildman–Crippen LogP) is 2.77. The van der Waals surface area contributed by atoms with Crippen molar-refractivity contribution >= 4 is 31.9 Å². The van der Waals surface area contributed by atoms with Gasteiger partial charge in [-0.05, 0) is 77.6 Å². The average molecular weight is 716 g/mol. The normalized spacial score (nSPS) is 27.0. The van der Waals surface area contributed by atoms with Gasteiger partial charge in [-0.3, -0.25) is 9.59 Å². The number of amides is 2. The maximum atomic E-state index is 14.4. The number of hydrogen-bond acceptors (Lipinski definition) is 8. The van der Waals surface area contributed by atoms with Gasteiger partial charge < -0.3 is 15.3 Å². The summed E-state index contributed by atoms with van der Waals surface area (Å²) in [6.07, 6.45) is -1.41. The zero-order valence-electron chi connectivity index (χ0n) is 28.7. The van der Waals surface area contributed by atoms with Gasteiger partial charge >= 0.3 is 0 Å². The Hall–Kier alpha value is -1.46. The first-order valence-corrected chi connectivity index (χ1v) is 20.4. The molecule has 12 nitrogen and oxygen atoms in total. The molecule has 7 unspecified atom stereocenters. The Morgan fingerprint density at radius 3 is 1.96 bits per heavy atom. The summed E-state index contributed by atoms with van der Waals surface area (Å²) < 4.78 is 79.1. The number of carbonyl (C=O) groups is 2. The Balaban J connectivity index is 2.36. The van der Waals surface area contributed by atoms with Crippen LogP contribution in [0.2, 0.25) is 0 Å². The van der Waals surface area contributed by atoms with Crippen LogP contribution in [0.3, 0.4) is 0 Å². The average Bonchev–Trinajstić information content (AvgIpc) is 2.97. The van der Waals surface area contributed by atoms with Crippen molar-refractivity contribution in [3.05, 3.63) is 0 Å². The largest absolute Gasteiger partial charge is 0.390 e. The molecule has 0 aromatic heterocycles. The third kappa shape index (κ3) is 13.4. The summed E-state index contributed by atoms with van der Waals surface area (Å²) >= 11 is 0. The van der Waals surface area contributed by atoms with E-state index in [0.29, 0.717) is 32.4 Å². The molecule has 0 radical (unpaired) electrons. The first-order valence-electron chi connectivity index (χ1n) is 17.2. The van der Waals surface area contributed by atoms with E-state index in [4.69, 9.17) is 5.14 Å². The second-order valence-electron chi connectivity index (χ2n) is 13.8. The van der Waals surface area contributed by atoms with E-state index in [0.717, 1.165) is 6.42 Å². The lowest BCUT2D eigenvalue weighted by atomic mass is 9.79. The molecule has 2 saturated carbocycles. The van der Waals surface area contributed by atoms with Crippen molar-refractivity contribution in [2.24, 2.45) is 22.9 Å². The molecule has 7 atom stereocenters. The molecule has 2 rings (SSSR count). The number of alkyl halides is 2. The number of sulfonamides is 2. The van der Waals surface area contributed by atoms with E-state index < -0.39 is 78.7 Å². The van der Waals surface area contributed by atoms with Gasteiger partial charge in [-0.25, -0.2) is 35.8 Å². The highest BCUT2D eigenvalue weighted by molar-refractivity contribution is 7.90. The number of rotatable bonds is 19. The Morgan fingerprint density at radius 1 is 0.872 bits per heavy atom. The number of primary sulfonamides is 1. The highest BCUT2D eigenvalue weighted by Crippen LogP contribution is 2.35. The Labute approximate surface area is 281 Å². The molecule has 0 bridgehead atoms. The third-order valence-electron chi connectivity index (χ3n) is 9.28. The van der Waals surface area contributed by atoms with Crippen molar-refractivity contribution in [3.8, 4) is 0 Å². The topological polar surface area (TPSA) is 179 Å². The van der Waals surface area contributed by atoms with Crippen molar-refractivity contribution in [1.29, 1.82) is 0 Å². The molecule has 276 valence electrons. The first-order chi connectivity index (χ1) is 21.9. The van der Waals surface area contributed by atoms with Gasteiger partial charge in [0.2, 0.25) is 31.9 Å². The lowest BCUT2D eigenvalue weighted by Crippen LogP contribution is -2.55. The summed E-state index contributed by atoms with van der Waals surface area (Å²) in [5, 5.41) is 19.3. The lowest BCUT2D eigenvalue weighted by molar-refractivity contribution is -0.138. The van der Waals surface area contributed by atoms with E-state index in [2.05, 4.69) is 10.1 Å². The van der Waals surface area contributed by atoms with Gasteiger partial charge in [0.05, 0.1) is 22.6 Å². The highest BCUT2D eigenvalue weighted by Gasteiger charge is 2.43. The molecule has 47 heavy (non-hydrogen) atoms. The van der Waals surface area contributed by atoms with E-state index in [9.17, 15) is 40.3 Å². The van der Waals surface area contributed by atoms with Crippen LogP contribution in [-0.2, 0) is 29.6 Å². The van der Waals surface area contributed by atoms with Gasteiger partial charge in [0, 0.05) is 44.4 Å². The fraction of sp³-hybridized carbons (Fsp3) is 0.935. The molecule has 0 aliphatic heterocycles. The number of nitrogens with zero attached hydrogens (tertiary/aromatic N) is 2. The van der Waals surface area contributed by atoms with Gasteiger partial charge in [-0.1, -0.05) is 27.2 Å². The molecule has 2 aliphatic rings. The van der Waals surface area contributed by atoms with E-state index in [1.807, 2.05) is 20.8 Å². The van der Waals surface area contributed by atoms with Crippen LogP contribution >= 0.6 is 0 Å². The third-order valence-corrected chi connectivity index (χ3v) is 12.4. The summed E-state index contributed by atoms with van der Waals surface area (Å²) in [7, 11) is -7.85. The summed E-state index contributed by atoms with van der Waals surface area (Å²) in [5.74, 6) is -3.00. The summed E-state index contributed by atoms with van der Waals surface area (Å²) in [5.41, 5.74) is 0. The molecule has 2 aliphatic carbocycles. The number of hydrazine groups is 1. The van der Waals surface area contributed by atoms with E-state index in [1.165, 1.54) is 18.9 Å². The molecule has 0 saturated heterocycles. The van der Waals surface area contributed by atoms with E-state index >= 15 is 0 Å². The van der Waals surface area contributed by atoms with Crippen molar-refractivity contribution in [2.75, 3.05) is 26.2 Å². The number of nitrogens with one attached hydrogen (secondary N) is 2. The number of hydrogen-bond donors (Lipinski definition) is 4. The van der Waals surface area contributed by atoms with E-state index in [-0.39, 0.29) is 63.9 Å². The molecule has 0 heterocycles. The Bertz CT molecular complexity index is 1190. The van der Waals surface area contributed by atoms with Crippen molar-refractivity contribution in [3.63, 3.8) is 0 Å². The summed E-state index contributed by atoms with van der Waals surface area (Å²) in [6.45, 7) is 9.89. The van der Waals surface area contributed by atoms with Gasteiger partial charge in [0.25, 0.3) is 0 Å². The number of unbranched alkanes of at least 4 members (excludes halogenated alkanes) is 1. The van der Waals surface area contributed by atoms with Crippen LogP contribution in [0.25, 0.3) is 0 Å². The van der Waals surface area contributed by atoms with Crippen molar-refractivity contribution < 1.29 is 40.3 Å².